The van der Waals surface area contributed by atoms with Gasteiger partial charge in [0.1, 0.15) is 0 Å². The van der Waals surface area contributed by atoms with Gasteiger partial charge in [0.25, 0.3) is 5.91 Å². The van der Waals surface area contributed by atoms with Crippen molar-refractivity contribution in [3.63, 3.8) is 0 Å². The van der Waals surface area contributed by atoms with Crippen LogP contribution < -0.4 is 10.7 Å². The van der Waals surface area contributed by atoms with Gasteiger partial charge in [0.05, 0.1) is 6.21 Å². The van der Waals surface area contributed by atoms with Gasteiger partial charge in [-0.05, 0) is 12.5 Å². The van der Waals surface area contributed by atoms with Crippen molar-refractivity contribution in [3.05, 3.63) is 48.0 Å². The highest BCUT2D eigenvalue weighted by molar-refractivity contribution is 6.03. The van der Waals surface area contributed by atoms with Crippen LogP contribution in [0.5, 0.6) is 0 Å². The molecule has 3 rings (SSSR count). The third-order valence-electron chi connectivity index (χ3n) is 3.98. The molecule has 1 aromatic rings. The number of hydrogen-bond acceptors (Lipinski definition) is 6. The van der Waals surface area contributed by atoms with Crippen LogP contribution in [0, 0.1) is 0 Å². The standard InChI is InChI=1S/C17H20N6O2/c1-11(2)10-23-13-14(22(3)17(25)20-15(13)24)19-16(23)21-18-9-12-7-5-4-6-8-12/h4-9,13-14H,1,10H2,2-3H3,(H,19,21)(H,20,24,25)/b18-9+. The number of aliphatic imine (C=N–C) groups is 1. The minimum absolute atomic E-state index is 0.373. The van der Waals surface area contributed by atoms with Gasteiger partial charge in [-0.2, -0.15) is 5.10 Å². The van der Waals surface area contributed by atoms with E-state index in [-0.39, 0.29) is 5.91 Å². The van der Waals surface area contributed by atoms with E-state index in [1.165, 1.54) is 4.90 Å². The summed E-state index contributed by atoms with van der Waals surface area (Å²) < 4.78 is 0. The summed E-state index contributed by atoms with van der Waals surface area (Å²) in [5.74, 6) is 0.0591. The predicted octanol–water partition coefficient (Wildman–Crippen LogP) is 0.734. The Kier molecular flexibility index (Phi) is 4.51. The summed E-state index contributed by atoms with van der Waals surface area (Å²) in [5.41, 5.74) is 4.69. The summed E-state index contributed by atoms with van der Waals surface area (Å²) in [7, 11) is 1.61. The molecule has 25 heavy (non-hydrogen) atoms. The van der Waals surface area contributed by atoms with Gasteiger partial charge < -0.3 is 9.80 Å². The second-order valence-corrected chi connectivity index (χ2v) is 6.08. The zero-order valence-electron chi connectivity index (χ0n) is 14.1. The summed E-state index contributed by atoms with van der Waals surface area (Å²) in [4.78, 5) is 31.8. The number of carbonyl (C=O) groups is 2. The lowest BCUT2D eigenvalue weighted by Gasteiger charge is -2.36. The van der Waals surface area contributed by atoms with Crippen LogP contribution in [0.1, 0.15) is 12.5 Å². The fourth-order valence-corrected chi connectivity index (χ4v) is 2.79. The zero-order valence-corrected chi connectivity index (χ0v) is 14.1. The second kappa shape index (κ2) is 6.76. The molecule has 8 heteroatoms. The molecule has 2 atom stereocenters. The fourth-order valence-electron chi connectivity index (χ4n) is 2.79. The van der Waals surface area contributed by atoms with Gasteiger partial charge in [0.2, 0.25) is 5.96 Å². The molecule has 1 saturated heterocycles. The summed E-state index contributed by atoms with van der Waals surface area (Å²) in [6.07, 6.45) is 1.08. The summed E-state index contributed by atoms with van der Waals surface area (Å²) in [6, 6.07) is 8.55. The van der Waals surface area contributed by atoms with E-state index >= 15 is 0 Å². The average molecular weight is 340 g/mol. The highest BCUT2D eigenvalue weighted by atomic mass is 16.2. The molecule has 2 N–H and O–H groups in total. The molecule has 0 aliphatic carbocycles. The minimum Gasteiger partial charge on any atom is -0.322 e. The summed E-state index contributed by atoms with van der Waals surface area (Å²) in [6.45, 7) is 6.21. The number of amides is 3. The Bertz CT molecular complexity index is 758. The number of hydrazone groups is 1. The minimum atomic E-state index is -0.603. The van der Waals surface area contributed by atoms with Crippen LogP contribution in [0.3, 0.4) is 0 Å². The Balaban J connectivity index is 1.82. The van der Waals surface area contributed by atoms with E-state index in [9.17, 15) is 9.59 Å². The second-order valence-electron chi connectivity index (χ2n) is 6.08. The third-order valence-corrected chi connectivity index (χ3v) is 3.98. The quantitative estimate of drug-likeness (QED) is 0.480. The van der Waals surface area contributed by atoms with Crippen molar-refractivity contribution in [1.82, 2.24) is 20.5 Å². The maximum absolute atomic E-state index is 12.3. The predicted molar refractivity (Wildman–Crippen MR) is 95.0 cm³/mol. The molecule has 1 fully saturated rings. The molecule has 8 nitrogen and oxygen atoms in total. The van der Waals surface area contributed by atoms with Gasteiger partial charge >= 0.3 is 6.03 Å². The molecule has 2 aliphatic rings. The van der Waals surface area contributed by atoms with Gasteiger partial charge in [-0.3, -0.25) is 10.1 Å². The first kappa shape index (κ1) is 16.7. The topological polar surface area (TPSA) is 89.4 Å². The highest BCUT2D eigenvalue weighted by Crippen LogP contribution is 2.23. The molecule has 0 saturated carbocycles. The van der Waals surface area contributed by atoms with E-state index in [2.05, 4.69) is 27.4 Å². The molecule has 2 heterocycles. The Morgan fingerprint density at radius 2 is 2.12 bits per heavy atom. The Morgan fingerprint density at radius 3 is 2.80 bits per heavy atom. The van der Waals surface area contributed by atoms with E-state index in [4.69, 9.17) is 0 Å². The van der Waals surface area contributed by atoms with E-state index in [0.717, 1.165) is 11.1 Å². The molecule has 2 unspecified atom stereocenters. The highest BCUT2D eigenvalue weighted by Gasteiger charge is 2.48. The lowest BCUT2D eigenvalue weighted by atomic mass is 10.1. The smallest absolute Gasteiger partial charge is 0.322 e. The van der Waals surface area contributed by atoms with E-state index in [1.54, 1.807) is 18.2 Å². The number of fused-ring (bicyclic) bond motifs is 1. The number of likely N-dealkylation sites (N-methyl/N-ethyl adjacent to an activating group) is 1. The Morgan fingerprint density at radius 1 is 1.40 bits per heavy atom. The molecule has 2 aliphatic heterocycles. The lowest BCUT2D eigenvalue weighted by molar-refractivity contribution is -0.127. The van der Waals surface area contributed by atoms with Crippen LogP contribution in [0.4, 0.5) is 4.79 Å². The van der Waals surface area contributed by atoms with Gasteiger partial charge in [0.15, 0.2) is 12.2 Å². The molecule has 0 radical (unpaired) electrons. The molecule has 1 aromatic carbocycles. The monoisotopic (exact) mass is 340 g/mol. The van der Waals surface area contributed by atoms with Crippen LogP contribution in [-0.2, 0) is 4.79 Å². The molecular weight excluding hydrogens is 320 g/mol. The fraction of sp³-hybridized carbons (Fsp3) is 0.294. The summed E-state index contributed by atoms with van der Waals surface area (Å²) in [5, 5.41) is 6.54. The van der Waals surface area contributed by atoms with E-state index < -0.39 is 18.2 Å². The van der Waals surface area contributed by atoms with Crippen molar-refractivity contribution in [2.75, 3.05) is 13.6 Å². The maximum atomic E-state index is 12.3. The summed E-state index contributed by atoms with van der Waals surface area (Å²) >= 11 is 0. The lowest BCUT2D eigenvalue weighted by Crippen LogP contribution is -2.64. The Labute approximate surface area is 145 Å². The third kappa shape index (κ3) is 3.37. The Hall–Kier alpha value is -3.16. The first-order chi connectivity index (χ1) is 12.0. The van der Waals surface area contributed by atoms with E-state index in [1.807, 2.05) is 37.3 Å². The first-order valence-electron chi connectivity index (χ1n) is 7.88. The van der Waals surface area contributed by atoms with Crippen LogP contribution in [0.15, 0.2) is 52.6 Å². The molecule has 3 amide bonds. The van der Waals surface area contributed by atoms with Crippen LogP contribution in [-0.4, -0.2) is 59.7 Å². The zero-order chi connectivity index (χ0) is 18.0. The van der Waals surface area contributed by atoms with Gasteiger partial charge in [-0.1, -0.05) is 42.5 Å². The van der Waals surface area contributed by atoms with Crippen molar-refractivity contribution < 1.29 is 9.59 Å². The van der Waals surface area contributed by atoms with Crippen molar-refractivity contribution in [2.45, 2.75) is 19.1 Å². The van der Waals surface area contributed by atoms with Crippen molar-refractivity contribution in [3.8, 4) is 0 Å². The molecule has 0 spiro atoms. The number of hydrogen-bond donors (Lipinski definition) is 2. The van der Waals surface area contributed by atoms with Gasteiger partial charge in [-0.25, -0.2) is 15.2 Å². The van der Waals surface area contributed by atoms with Gasteiger partial charge in [0, 0.05) is 13.6 Å². The molecule has 130 valence electrons. The number of rotatable bonds is 4. The number of carbonyl (C=O) groups excluding carboxylic acids is 2. The van der Waals surface area contributed by atoms with Crippen LogP contribution in [0.2, 0.25) is 0 Å². The molecule has 0 bridgehead atoms. The SMILES string of the molecule is C=C(C)CN1C(N/N=C/c2ccccc2)=NC2C1C(=O)NC(=O)N2C. The van der Waals surface area contributed by atoms with E-state index in [0.29, 0.717) is 12.5 Å². The number of guanidine groups is 1. The number of urea groups is 1. The molecular formula is C17H20N6O2. The largest absolute Gasteiger partial charge is 0.325 e. The number of nitrogens with one attached hydrogen (secondary N) is 2. The maximum Gasteiger partial charge on any atom is 0.325 e. The van der Waals surface area contributed by atoms with Crippen molar-refractivity contribution >= 4 is 24.1 Å². The first-order valence-corrected chi connectivity index (χ1v) is 7.88. The van der Waals surface area contributed by atoms with Crippen LogP contribution in [0.25, 0.3) is 0 Å². The van der Waals surface area contributed by atoms with Gasteiger partial charge in [-0.15, -0.1) is 0 Å². The van der Waals surface area contributed by atoms with Crippen LogP contribution >= 0.6 is 0 Å². The van der Waals surface area contributed by atoms with Crippen molar-refractivity contribution in [1.29, 1.82) is 0 Å². The average Bonchev–Trinajstić information content (AvgIpc) is 2.92. The number of imide groups is 1. The normalized spacial score (nSPS) is 22.7. The molecule has 0 aromatic heterocycles. The number of nitrogens with zero attached hydrogens (tertiary/aromatic N) is 4. The van der Waals surface area contributed by atoms with Crippen molar-refractivity contribution in [2.24, 2.45) is 10.1 Å². The number of benzene rings is 1.